The van der Waals surface area contributed by atoms with Gasteiger partial charge < -0.3 is 14.6 Å². The van der Waals surface area contributed by atoms with Crippen LogP contribution in [0.2, 0.25) is 0 Å². The van der Waals surface area contributed by atoms with Gasteiger partial charge in [-0.15, -0.1) is 0 Å². The second kappa shape index (κ2) is 8.49. The molecular formula is C21H29N2O3+. The highest BCUT2D eigenvalue weighted by atomic mass is 16.4. The number of nitrogens with two attached hydrogens (primary N) is 1. The predicted octanol–water partition coefficient (Wildman–Crippen LogP) is 2.27. The van der Waals surface area contributed by atoms with Crippen LogP contribution >= 0.6 is 0 Å². The molecule has 0 saturated carbocycles. The number of hydrogen-bond donors (Lipinski definition) is 1. The minimum absolute atomic E-state index is 0.287. The summed E-state index contributed by atoms with van der Waals surface area (Å²) in [4.78, 5) is 25.9. The lowest BCUT2D eigenvalue weighted by Gasteiger charge is -2.19. The van der Waals surface area contributed by atoms with Gasteiger partial charge in [0.25, 0.3) is 0 Å². The predicted molar refractivity (Wildman–Crippen MR) is 102 cm³/mol. The van der Waals surface area contributed by atoms with Gasteiger partial charge >= 0.3 is 5.63 Å². The molecule has 2 heterocycles. The van der Waals surface area contributed by atoms with Crippen LogP contribution in [-0.2, 0) is 11.3 Å². The molecule has 2 N–H and O–H groups in total. The molecule has 0 unspecified atom stereocenters. The first kappa shape index (κ1) is 18.6. The summed E-state index contributed by atoms with van der Waals surface area (Å²) < 4.78 is 5.43. The van der Waals surface area contributed by atoms with E-state index in [1.807, 2.05) is 24.8 Å². The van der Waals surface area contributed by atoms with E-state index in [2.05, 4.69) is 11.4 Å². The Morgan fingerprint density at radius 1 is 1.15 bits per heavy atom. The van der Waals surface area contributed by atoms with Gasteiger partial charge in [-0.1, -0.05) is 18.6 Å². The Balaban J connectivity index is 1.57. The summed E-state index contributed by atoms with van der Waals surface area (Å²) in [6.07, 6.45) is 5.00. The number of nitrogens with zero attached hydrogens (tertiary/aromatic N) is 1. The molecule has 0 aliphatic carbocycles. The van der Waals surface area contributed by atoms with Crippen LogP contribution in [0.5, 0.6) is 0 Å². The van der Waals surface area contributed by atoms with Crippen LogP contribution in [-0.4, -0.2) is 30.4 Å². The van der Waals surface area contributed by atoms with Crippen LogP contribution in [0.3, 0.4) is 0 Å². The molecule has 3 rings (SSSR count). The van der Waals surface area contributed by atoms with Crippen LogP contribution in [0.25, 0.3) is 11.0 Å². The first-order chi connectivity index (χ1) is 12.6. The zero-order chi connectivity index (χ0) is 18.5. The number of benzene rings is 1. The smallest absolute Gasteiger partial charge is 0.336 e. The van der Waals surface area contributed by atoms with Crippen LogP contribution in [0.1, 0.15) is 48.8 Å². The third kappa shape index (κ3) is 4.33. The fourth-order valence-corrected chi connectivity index (χ4v) is 3.65. The van der Waals surface area contributed by atoms with Crippen LogP contribution in [0.15, 0.2) is 27.4 Å². The van der Waals surface area contributed by atoms with Crippen molar-refractivity contribution in [3.05, 3.63) is 45.3 Å². The molecule has 26 heavy (non-hydrogen) atoms. The molecule has 0 atom stereocenters. The Bertz CT molecular complexity index is 841. The molecule has 5 nitrogen and oxygen atoms in total. The van der Waals surface area contributed by atoms with E-state index in [1.54, 1.807) is 6.07 Å². The Hall–Kier alpha value is -2.14. The molecule has 1 fully saturated rings. The van der Waals surface area contributed by atoms with Gasteiger partial charge in [0.15, 0.2) is 0 Å². The van der Waals surface area contributed by atoms with Gasteiger partial charge in [0.2, 0.25) is 5.91 Å². The van der Waals surface area contributed by atoms with E-state index in [0.29, 0.717) is 17.9 Å². The lowest BCUT2D eigenvalue weighted by molar-refractivity contribution is -0.670. The van der Waals surface area contributed by atoms with E-state index in [4.69, 9.17) is 4.42 Å². The van der Waals surface area contributed by atoms with Crippen molar-refractivity contribution >= 4 is 16.9 Å². The molecular weight excluding hydrogens is 328 g/mol. The number of carbonyl (C=O) groups is 1. The van der Waals surface area contributed by atoms with Crippen molar-refractivity contribution in [3.63, 3.8) is 0 Å². The fourth-order valence-electron chi connectivity index (χ4n) is 3.65. The second-order valence-corrected chi connectivity index (χ2v) is 7.30. The number of aryl methyl sites for hydroxylation is 2. The van der Waals surface area contributed by atoms with Gasteiger partial charge in [-0.2, -0.15) is 0 Å². The maximum absolute atomic E-state index is 12.0. The minimum atomic E-state index is -0.287. The number of hydrogen-bond acceptors (Lipinski definition) is 3. The molecule has 1 saturated heterocycles. The molecule has 0 bridgehead atoms. The minimum Gasteiger partial charge on any atom is -0.422 e. The Morgan fingerprint density at radius 2 is 2.00 bits per heavy atom. The highest BCUT2D eigenvalue weighted by molar-refractivity contribution is 5.83. The number of likely N-dealkylation sites (tertiary alicyclic amines) is 1. The number of rotatable bonds is 6. The average Bonchev–Trinajstić information content (AvgIpc) is 2.82. The highest BCUT2D eigenvalue weighted by Gasteiger charge is 2.16. The molecule has 1 aliphatic heterocycles. The van der Waals surface area contributed by atoms with E-state index in [0.717, 1.165) is 73.9 Å². The topological polar surface area (TPSA) is 67.1 Å². The quantitative estimate of drug-likeness (QED) is 0.637. The van der Waals surface area contributed by atoms with Gasteiger partial charge in [-0.05, 0) is 37.8 Å². The molecule has 140 valence electrons. The maximum atomic E-state index is 12.0. The normalized spacial score (nSPS) is 15.5. The van der Waals surface area contributed by atoms with Crippen molar-refractivity contribution in [1.82, 2.24) is 4.90 Å². The first-order valence-electron chi connectivity index (χ1n) is 9.68. The van der Waals surface area contributed by atoms with Crippen molar-refractivity contribution in [2.45, 2.75) is 52.5 Å². The summed E-state index contributed by atoms with van der Waals surface area (Å²) in [7, 11) is 0. The number of amides is 1. The zero-order valence-electron chi connectivity index (χ0n) is 15.8. The van der Waals surface area contributed by atoms with Gasteiger partial charge in [-0.25, -0.2) is 4.79 Å². The summed E-state index contributed by atoms with van der Waals surface area (Å²) in [5, 5.41) is 3.23. The van der Waals surface area contributed by atoms with Crippen molar-refractivity contribution < 1.29 is 14.5 Å². The van der Waals surface area contributed by atoms with Crippen molar-refractivity contribution in [2.24, 2.45) is 0 Å². The largest absolute Gasteiger partial charge is 0.422 e. The Labute approximate surface area is 154 Å². The lowest BCUT2D eigenvalue weighted by Crippen LogP contribution is -2.82. The molecule has 1 aromatic carbocycles. The third-order valence-corrected chi connectivity index (χ3v) is 5.39. The molecule has 0 radical (unpaired) electrons. The Kier molecular flexibility index (Phi) is 6.09. The monoisotopic (exact) mass is 357 g/mol. The number of fused-ring (bicyclic) bond motifs is 1. The van der Waals surface area contributed by atoms with E-state index < -0.39 is 0 Å². The van der Waals surface area contributed by atoms with E-state index in [1.165, 1.54) is 0 Å². The summed E-state index contributed by atoms with van der Waals surface area (Å²) in [5.74, 6) is 0.306. The number of quaternary nitrogens is 1. The van der Waals surface area contributed by atoms with Gasteiger partial charge in [0.05, 0.1) is 6.54 Å². The summed E-state index contributed by atoms with van der Waals surface area (Å²) >= 11 is 0. The molecule has 1 aromatic heterocycles. The van der Waals surface area contributed by atoms with Gasteiger partial charge in [-0.3, -0.25) is 4.79 Å². The zero-order valence-corrected chi connectivity index (χ0v) is 15.8. The van der Waals surface area contributed by atoms with Crippen molar-refractivity contribution in [1.29, 1.82) is 0 Å². The maximum Gasteiger partial charge on any atom is 0.336 e. The van der Waals surface area contributed by atoms with Crippen LogP contribution in [0, 0.1) is 13.8 Å². The Morgan fingerprint density at radius 3 is 2.85 bits per heavy atom. The number of carbonyl (C=O) groups excluding carboxylic acids is 1. The lowest BCUT2D eigenvalue weighted by atomic mass is 10.0. The van der Waals surface area contributed by atoms with Gasteiger partial charge in [0, 0.05) is 42.9 Å². The SMILES string of the molecule is Cc1ccc2c(C[NH2+]CCCN3CCCCCC3=O)cc(=O)oc2c1C. The molecule has 0 spiro atoms. The van der Waals surface area contributed by atoms with E-state index >= 15 is 0 Å². The molecule has 5 heteroatoms. The summed E-state index contributed by atoms with van der Waals surface area (Å²) in [5.41, 5.74) is 3.59. The van der Waals surface area contributed by atoms with Crippen molar-refractivity contribution in [3.8, 4) is 0 Å². The third-order valence-electron chi connectivity index (χ3n) is 5.39. The van der Waals surface area contributed by atoms with Crippen LogP contribution < -0.4 is 10.9 Å². The second-order valence-electron chi connectivity index (χ2n) is 7.30. The summed E-state index contributed by atoms with van der Waals surface area (Å²) in [6, 6.07) is 5.72. The molecule has 1 aliphatic rings. The van der Waals surface area contributed by atoms with Crippen LogP contribution in [0.4, 0.5) is 0 Å². The summed E-state index contributed by atoms with van der Waals surface area (Å²) in [6.45, 7) is 7.45. The highest BCUT2D eigenvalue weighted by Crippen LogP contribution is 2.22. The van der Waals surface area contributed by atoms with E-state index in [9.17, 15) is 9.59 Å². The molecule has 2 aromatic rings. The molecule has 1 amide bonds. The van der Waals surface area contributed by atoms with Gasteiger partial charge in [0.1, 0.15) is 12.1 Å². The van der Waals surface area contributed by atoms with E-state index in [-0.39, 0.29) is 5.63 Å². The standard InChI is InChI=1S/C21H28N2O3/c1-15-8-9-18-17(13-20(25)26-21(18)16(15)2)14-22-10-6-12-23-11-5-3-4-7-19(23)24/h8-9,13,22H,3-7,10-12,14H2,1-2H3/p+1. The fraction of sp³-hybridized carbons (Fsp3) is 0.524. The first-order valence-corrected chi connectivity index (χ1v) is 9.68. The van der Waals surface area contributed by atoms with Crippen molar-refractivity contribution in [2.75, 3.05) is 19.6 Å². The average molecular weight is 357 g/mol.